The predicted octanol–water partition coefficient (Wildman–Crippen LogP) is 7.27. The minimum atomic E-state index is -1.51. The molecule has 0 fully saturated rings. The Kier molecular flexibility index (Phi) is 12.5. The van der Waals surface area contributed by atoms with Gasteiger partial charge in [-0.05, 0) is 19.4 Å². The second kappa shape index (κ2) is 14.0. The number of hydrogen-bond donors (Lipinski definition) is 0. The van der Waals surface area contributed by atoms with Crippen molar-refractivity contribution in [2.45, 2.75) is 124 Å². The van der Waals surface area contributed by atoms with Crippen LogP contribution in [0.1, 0.15) is 103 Å². The highest BCUT2D eigenvalue weighted by Gasteiger charge is 2.33. The number of furan rings is 1. The highest BCUT2D eigenvalue weighted by Crippen LogP contribution is 2.23. The first kappa shape index (κ1) is 25.0. The van der Waals surface area contributed by atoms with E-state index in [1.165, 1.54) is 68.5 Å². The first-order valence-corrected chi connectivity index (χ1v) is 14.4. The highest BCUT2D eigenvalue weighted by molar-refractivity contribution is 6.90. The molecule has 0 radical (unpaired) electrons. The van der Waals surface area contributed by atoms with E-state index in [2.05, 4.69) is 33.8 Å². The number of hydrogen-bond acceptors (Lipinski definition) is 3. The lowest BCUT2D eigenvalue weighted by Crippen LogP contribution is -2.44. The fourth-order valence-corrected chi connectivity index (χ4v) is 7.40. The van der Waals surface area contributed by atoms with Gasteiger partial charge in [-0.1, -0.05) is 97.2 Å². The third-order valence-electron chi connectivity index (χ3n) is 6.45. The monoisotopic (exact) mass is 408 g/mol. The van der Waals surface area contributed by atoms with Gasteiger partial charge in [-0.15, -0.1) is 0 Å². The van der Waals surface area contributed by atoms with E-state index in [1.54, 1.807) is 0 Å². The molecule has 0 aliphatic carbocycles. The van der Waals surface area contributed by atoms with E-state index in [1.807, 2.05) is 6.92 Å². The summed E-state index contributed by atoms with van der Waals surface area (Å²) in [5.74, 6) is 0.841. The van der Waals surface area contributed by atoms with Gasteiger partial charge in [0.2, 0.25) is 0 Å². The number of aryl methyl sites for hydroxylation is 1. The maximum atomic E-state index is 12.1. The summed E-state index contributed by atoms with van der Waals surface area (Å²) in [5, 5.41) is 1.18. The molecule has 0 unspecified atom stereocenters. The summed E-state index contributed by atoms with van der Waals surface area (Å²) in [6.45, 7) is 11.4. The second-order valence-electron chi connectivity index (χ2n) is 8.27. The first-order valence-electron chi connectivity index (χ1n) is 11.8. The van der Waals surface area contributed by atoms with Crippen molar-refractivity contribution in [1.82, 2.24) is 0 Å². The fourth-order valence-electron chi connectivity index (χ4n) is 4.01. The normalized spacial score (nSPS) is 11.8. The molecule has 3 nitrogen and oxygen atoms in total. The Labute approximate surface area is 174 Å². The van der Waals surface area contributed by atoms with Gasteiger partial charge in [0.05, 0.1) is 5.38 Å². The maximum Gasteiger partial charge on any atom is 0.306 e. The SMILES string of the molecule is CCCCCCCCCCCC(=O)OCc1cc([Si](CC)(CC)CC)oc1C. The lowest BCUT2D eigenvalue weighted by atomic mass is 10.1. The minimum Gasteiger partial charge on any atom is -0.471 e. The summed E-state index contributed by atoms with van der Waals surface area (Å²) in [6.07, 6.45) is 11.9. The van der Waals surface area contributed by atoms with E-state index in [4.69, 9.17) is 9.15 Å². The van der Waals surface area contributed by atoms with Gasteiger partial charge in [-0.2, -0.15) is 0 Å². The van der Waals surface area contributed by atoms with Crippen LogP contribution in [0.15, 0.2) is 10.5 Å². The van der Waals surface area contributed by atoms with Gasteiger partial charge in [0.25, 0.3) is 0 Å². The van der Waals surface area contributed by atoms with Crippen molar-refractivity contribution in [3.05, 3.63) is 17.4 Å². The average molecular weight is 409 g/mol. The predicted molar refractivity (Wildman–Crippen MR) is 122 cm³/mol. The van der Waals surface area contributed by atoms with Crippen molar-refractivity contribution in [2.24, 2.45) is 0 Å². The fraction of sp³-hybridized carbons (Fsp3) is 0.792. The van der Waals surface area contributed by atoms with Gasteiger partial charge < -0.3 is 9.15 Å². The molecule has 0 aliphatic rings. The van der Waals surface area contributed by atoms with Crippen molar-refractivity contribution < 1.29 is 13.9 Å². The van der Waals surface area contributed by atoms with E-state index in [0.29, 0.717) is 13.0 Å². The van der Waals surface area contributed by atoms with Crippen LogP contribution in [0.5, 0.6) is 0 Å². The second-order valence-corrected chi connectivity index (χ2v) is 13.4. The maximum absolute atomic E-state index is 12.1. The van der Waals surface area contributed by atoms with Crippen LogP contribution < -0.4 is 5.38 Å². The molecule has 0 amide bonds. The van der Waals surface area contributed by atoms with Crippen LogP contribution in [0.25, 0.3) is 0 Å². The lowest BCUT2D eigenvalue weighted by molar-refractivity contribution is -0.145. The molecule has 162 valence electrons. The summed E-state index contributed by atoms with van der Waals surface area (Å²) in [6, 6.07) is 5.77. The summed E-state index contributed by atoms with van der Waals surface area (Å²) < 4.78 is 11.6. The van der Waals surface area contributed by atoms with Crippen LogP contribution in [0, 0.1) is 6.92 Å². The topological polar surface area (TPSA) is 39.4 Å². The zero-order valence-electron chi connectivity index (χ0n) is 19.2. The smallest absolute Gasteiger partial charge is 0.306 e. The first-order chi connectivity index (χ1) is 13.5. The number of carbonyl (C=O) groups excluding carboxylic acids is 1. The number of carbonyl (C=O) groups is 1. The molecule has 1 heterocycles. The lowest BCUT2D eigenvalue weighted by Gasteiger charge is -2.24. The average Bonchev–Trinajstić information content (AvgIpc) is 3.08. The zero-order chi connectivity index (χ0) is 20.8. The van der Waals surface area contributed by atoms with Crippen LogP contribution >= 0.6 is 0 Å². The third-order valence-corrected chi connectivity index (χ3v) is 11.8. The zero-order valence-corrected chi connectivity index (χ0v) is 20.2. The molecule has 28 heavy (non-hydrogen) atoms. The van der Waals surface area contributed by atoms with Gasteiger partial charge in [-0.25, -0.2) is 0 Å². The highest BCUT2D eigenvalue weighted by atomic mass is 28.3. The quantitative estimate of drug-likeness (QED) is 0.164. The number of rotatable bonds is 16. The van der Waals surface area contributed by atoms with Gasteiger partial charge >= 0.3 is 5.97 Å². The Balaban J connectivity index is 2.28. The molecular weight excluding hydrogens is 364 g/mol. The molecule has 1 rings (SSSR count). The Bertz CT molecular complexity index is 538. The van der Waals surface area contributed by atoms with Crippen LogP contribution in [0.2, 0.25) is 18.1 Å². The van der Waals surface area contributed by atoms with E-state index in [9.17, 15) is 4.79 Å². The van der Waals surface area contributed by atoms with Crippen molar-refractivity contribution in [2.75, 3.05) is 0 Å². The van der Waals surface area contributed by atoms with E-state index in [0.717, 1.165) is 24.2 Å². The molecule has 0 N–H and O–H groups in total. The molecule has 0 saturated heterocycles. The van der Waals surface area contributed by atoms with Gasteiger partial charge in [0.15, 0.2) is 0 Å². The molecule has 0 bridgehead atoms. The number of ether oxygens (including phenoxy) is 1. The third kappa shape index (κ3) is 8.14. The molecular formula is C24H44O3Si. The minimum absolute atomic E-state index is 0.0740. The summed E-state index contributed by atoms with van der Waals surface area (Å²) in [7, 11) is -1.51. The van der Waals surface area contributed by atoms with Crippen molar-refractivity contribution in [3.63, 3.8) is 0 Å². The number of esters is 1. The Morgan fingerprint density at radius 3 is 1.96 bits per heavy atom. The van der Waals surface area contributed by atoms with Crippen LogP contribution in [-0.2, 0) is 16.1 Å². The van der Waals surface area contributed by atoms with Crippen molar-refractivity contribution >= 4 is 19.4 Å². The van der Waals surface area contributed by atoms with Gasteiger partial charge in [0.1, 0.15) is 20.4 Å². The largest absolute Gasteiger partial charge is 0.471 e. The van der Waals surface area contributed by atoms with Gasteiger partial charge in [-0.3, -0.25) is 4.79 Å². The molecule has 1 aromatic rings. The molecule has 0 aromatic carbocycles. The summed E-state index contributed by atoms with van der Waals surface area (Å²) >= 11 is 0. The number of unbranched alkanes of at least 4 members (excludes halogenated alkanes) is 8. The standard InChI is InChI=1S/C24H44O3Si/c1-6-10-11-12-13-14-15-16-17-18-23(25)26-20-22-19-24(27-21(22)5)28(7-2,8-3)9-4/h19H,6-18,20H2,1-5H3. The summed E-state index contributed by atoms with van der Waals surface area (Å²) in [4.78, 5) is 12.1. The Morgan fingerprint density at radius 1 is 0.893 bits per heavy atom. The summed E-state index contributed by atoms with van der Waals surface area (Å²) in [5.41, 5.74) is 1.04. The Hall–Kier alpha value is -1.03. The van der Waals surface area contributed by atoms with Crippen molar-refractivity contribution in [1.29, 1.82) is 0 Å². The van der Waals surface area contributed by atoms with E-state index in [-0.39, 0.29) is 5.97 Å². The molecule has 0 spiro atoms. The molecule has 4 heteroatoms. The van der Waals surface area contributed by atoms with Crippen LogP contribution in [0.3, 0.4) is 0 Å². The molecule has 0 aliphatic heterocycles. The molecule has 1 aromatic heterocycles. The van der Waals surface area contributed by atoms with E-state index < -0.39 is 8.07 Å². The molecule has 0 atom stereocenters. The van der Waals surface area contributed by atoms with Crippen LogP contribution in [-0.4, -0.2) is 14.0 Å². The van der Waals surface area contributed by atoms with Crippen molar-refractivity contribution in [3.8, 4) is 0 Å². The Morgan fingerprint density at radius 2 is 1.43 bits per heavy atom. The van der Waals surface area contributed by atoms with Crippen LogP contribution in [0.4, 0.5) is 0 Å². The van der Waals surface area contributed by atoms with Gasteiger partial charge in [0, 0.05) is 12.0 Å². The molecule has 0 saturated carbocycles. The van der Waals surface area contributed by atoms with E-state index >= 15 is 0 Å².